The smallest absolute Gasteiger partial charge is 0.270 e. The Morgan fingerprint density at radius 1 is 1.40 bits per heavy atom. The molecule has 0 spiro atoms. The molecule has 1 unspecified atom stereocenters. The van der Waals surface area contributed by atoms with Crippen molar-refractivity contribution < 1.29 is 9.53 Å². The van der Waals surface area contributed by atoms with Crippen molar-refractivity contribution in [3.63, 3.8) is 0 Å². The summed E-state index contributed by atoms with van der Waals surface area (Å²) in [5, 5.41) is 15.9. The molecular weight excluding hydrogens is 482 g/mol. The summed E-state index contributed by atoms with van der Waals surface area (Å²) in [5.41, 5.74) is 0.966. The summed E-state index contributed by atoms with van der Waals surface area (Å²) in [6.45, 7) is 8.29. The number of nitrogens with zero attached hydrogens (tertiary/aromatic N) is 3. The Morgan fingerprint density at radius 3 is 2.80 bits per heavy atom. The Balaban J connectivity index is 1.93. The molecule has 0 fully saturated rings. The van der Waals surface area contributed by atoms with E-state index in [4.69, 9.17) is 4.74 Å². The molecule has 1 amide bonds. The van der Waals surface area contributed by atoms with Gasteiger partial charge in [-0.3, -0.25) is 14.2 Å². The number of benzene rings is 1. The quantitative estimate of drug-likeness (QED) is 0.562. The Hall–Kier alpha value is -3.03. The minimum atomic E-state index is -0.509. The maximum atomic E-state index is 13.0. The van der Waals surface area contributed by atoms with Crippen molar-refractivity contribution >= 4 is 58.1 Å². The number of hydrogen-bond acceptors (Lipinski definition) is 8. The molecule has 2 N–H and O–H groups in total. The Bertz CT molecular complexity index is 1330. The highest BCUT2D eigenvalue weighted by atomic mass is 32.2. The average molecular weight is 514 g/mol. The van der Waals surface area contributed by atoms with Gasteiger partial charge in [0.15, 0.2) is 0 Å². The summed E-state index contributed by atoms with van der Waals surface area (Å²) in [7, 11) is 0. The molecule has 1 aliphatic rings. The predicted molar refractivity (Wildman–Crippen MR) is 145 cm³/mol. The van der Waals surface area contributed by atoms with Crippen molar-refractivity contribution in [3.8, 4) is 6.07 Å². The zero-order valence-electron chi connectivity index (χ0n) is 20.7. The maximum absolute atomic E-state index is 13.0. The van der Waals surface area contributed by atoms with Crippen LogP contribution in [0.1, 0.15) is 34.1 Å². The molecule has 1 aliphatic heterocycles. The van der Waals surface area contributed by atoms with Crippen LogP contribution in [0.3, 0.4) is 0 Å². The third kappa shape index (κ3) is 6.55. The number of aliphatic imine (C=N–C) groups is 1. The van der Waals surface area contributed by atoms with Crippen LogP contribution in [-0.2, 0) is 16.1 Å². The molecule has 0 aliphatic carbocycles. The number of carbonyl (C=O) groups excluding carboxylic acids is 1. The monoisotopic (exact) mass is 513 g/mol. The molecule has 0 radical (unpaired) electrons. The predicted octanol–water partition coefficient (Wildman–Crippen LogP) is 2.99. The zero-order chi connectivity index (χ0) is 25.6. The third-order valence-electron chi connectivity index (χ3n) is 5.30. The van der Waals surface area contributed by atoms with Crippen molar-refractivity contribution in [1.82, 2.24) is 4.57 Å². The SMILES string of the molecule is CCn1c(=O)/c(=C\Nc2cccc(NC(=O)C(C)(C)C)c2)s/c1=C(/C#N)C1=NC(CCSC)CO1. The topological polar surface area (TPSA) is 109 Å². The average Bonchev–Trinajstić information content (AvgIpc) is 3.41. The van der Waals surface area contributed by atoms with Gasteiger partial charge in [-0.1, -0.05) is 26.8 Å². The number of nitrogens with one attached hydrogen (secondary N) is 2. The highest BCUT2D eigenvalue weighted by Gasteiger charge is 2.24. The van der Waals surface area contributed by atoms with Gasteiger partial charge in [0.1, 0.15) is 27.4 Å². The standard InChI is InChI=1S/C25H31N5O3S2/c1-6-30-22(31)20(14-27-16-8-7-9-17(12-16)29-24(32)25(2,3)4)35-23(30)19(13-26)21-28-18(15-33-21)10-11-34-5/h7-9,12,14,18,27H,6,10-11,15H2,1-5H3,(H,29,32)/b20-14+,23-19-. The number of carbonyl (C=O) groups is 1. The summed E-state index contributed by atoms with van der Waals surface area (Å²) in [5.74, 6) is 1.19. The number of thioether (sulfide) groups is 1. The lowest BCUT2D eigenvalue weighted by atomic mass is 9.95. The number of amides is 1. The molecule has 186 valence electrons. The van der Waals surface area contributed by atoms with Crippen LogP contribution in [0.4, 0.5) is 11.4 Å². The van der Waals surface area contributed by atoms with E-state index in [9.17, 15) is 14.9 Å². The molecule has 2 aromatic rings. The van der Waals surface area contributed by atoms with Gasteiger partial charge in [0, 0.05) is 29.5 Å². The number of ether oxygens (including phenoxy) is 1. The second-order valence-corrected chi connectivity index (χ2v) is 11.1. The summed E-state index contributed by atoms with van der Waals surface area (Å²) in [6.07, 6.45) is 4.55. The van der Waals surface area contributed by atoms with Crippen molar-refractivity contribution in [1.29, 1.82) is 5.26 Å². The number of rotatable bonds is 8. The number of anilines is 2. The van der Waals surface area contributed by atoms with E-state index in [0.29, 0.717) is 33.9 Å². The normalized spacial score (nSPS) is 16.9. The van der Waals surface area contributed by atoms with Crippen molar-refractivity contribution in [3.05, 3.63) is 43.8 Å². The van der Waals surface area contributed by atoms with Gasteiger partial charge in [-0.15, -0.1) is 11.3 Å². The number of nitriles is 1. The van der Waals surface area contributed by atoms with E-state index in [1.807, 2.05) is 52.1 Å². The minimum Gasteiger partial charge on any atom is -0.475 e. The maximum Gasteiger partial charge on any atom is 0.270 e. The lowest BCUT2D eigenvalue weighted by Gasteiger charge is -2.18. The van der Waals surface area contributed by atoms with Crippen LogP contribution in [-0.4, -0.2) is 41.0 Å². The number of thiazole rings is 1. The van der Waals surface area contributed by atoms with E-state index in [2.05, 4.69) is 21.7 Å². The highest BCUT2D eigenvalue weighted by Crippen LogP contribution is 2.20. The van der Waals surface area contributed by atoms with E-state index < -0.39 is 5.41 Å². The van der Waals surface area contributed by atoms with Gasteiger partial charge in [-0.05, 0) is 43.6 Å². The summed E-state index contributed by atoms with van der Waals surface area (Å²) in [4.78, 5) is 29.9. The first-order valence-electron chi connectivity index (χ1n) is 11.4. The fraction of sp³-hybridized carbons (Fsp3) is 0.440. The summed E-state index contributed by atoms with van der Waals surface area (Å²) >= 11 is 2.97. The van der Waals surface area contributed by atoms with E-state index in [0.717, 1.165) is 17.9 Å². The van der Waals surface area contributed by atoms with E-state index >= 15 is 0 Å². The lowest BCUT2D eigenvalue weighted by molar-refractivity contribution is -0.123. The van der Waals surface area contributed by atoms with Crippen LogP contribution < -0.4 is 25.4 Å². The molecule has 35 heavy (non-hydrogen) atoms. The second-order valence-electron chi connectivity index (χ2n) is 9.06. The molecule has 1 aromatic heterocycles. The molecule has 0 saturated heterocycles. The first kappa shape index (κ1) is 26.6. The van der Waals surface area contributed by atoms with Crippen LogP contribution >= 0.6 is 23.1 Å². The minimum absolute atomic E-state index is 0.0290. The largest absolute Gasteiger partial charge is 0.475 e. The van der Waals surface area contributed by atoms with Gasteiger partial charge in [-0.25, -0.2) is 4.99 Å². The van der Waals surface area contributed by atoms with Gasteiger partial charge < -0.3 is 15.4 Å². The fourth-order valence-electron chi connectivity index (χ4n) is 3.29. The van der Waals surface area contributed by atoms with E-state index in [1.54, 1.807) is 28.6 Å². The van der Waals surface area contributed by atoms with Gasteiger partial charge in [0.25, 0.3) is 5.56 Å². The van der Waals surface area contributed by atoms with Crippen LogP contribution in [0, 0.1) is 16.7 Å². The van der Waals surface area contributed by atoms with Crippen LogP contribution in [0.25, 0.3) is 11.8 Å². The van der Waals surface area contributed by atoms with Crippen molar-refractivity contribution in [2.24, 2.45) is 10.4 Å². The van der Waals surface area contributed by atoms with E-state index in [-0.39, 0.29) is 23.1 Å². The van der Waals surface area contributed by atoms with Gasteiger partial charge in [0.2, 0.25) is 11.8 Å². The van der Waals surface area contributed by atoms with Gasteiger partial charge >= 0.3 is 0 Å². The molecular formula is C25H31N5O3S2. The second kappa shape index (κ2) is 11.6. The molecule has 3 rings (SSSR count). The molecule has 0 bridgehead atoms. The number of hydrogen-bond donors (Lipinski definition) is 2. The molecule has 8 nitrogen and oxygen atoms in total. The molecule has 10 heteroatoms. The fourth-order valence-corrected chi connectivity index (χ4v) is 4.88. The molecule has 2 heterocycles. The summed E-state index contributed by atoms with van der Waals surface area (Å²) < 4.78 is 8.28. The Labute approximate surface area is 213 Å². The van der Waals surface area contributed by atoms with Crippen molar-refractivity contribution in [2.75, 3.05) is 29.2 Å². The van der Waals surface area contributed by atoms with Crippen LogP contribution in [0.5, 0.6) is 0 Å². The Morgan fingerprint density at radius 2 is 2.14 bits per heavy atom. The van der Waals surface area contributed by atoms with Crippen LogP contribution in [0.2, 0.25) is 0 Å². The van der Waals surface area contributed by atoms with Gasteiger partial charge in [0.05, 0.1) is 6.04 Å². The first-order valence-corrected chi connectivity index (χ1v) is 13.6. The lowest BCUT2D eigenvalue weighted by Crippen LogP contribution is -2.32. The molecule has 0 saturated carbocycles. The van der Waals surface area contributed by atoms with Gasteiger partial charge in [-0.2, -0.15) is 17.0 Å². The highest BCUT2D eigenvalue weighted by molar-refractivity contribution is 7.98. The number of aromatic nitrogens is 1. The third-order valence-corrected chi connectivity index (χ3v) is 7.08. The molecule has 1 aromatic carbocycles. The first-order chi connectivity index (χ1) is 16.7. The Kier molecular flexibility index (Phi) is 8.81. The summed E-state index contributed by atoms with van der Waals surface area (Å²) in [6, 6.07) is 9.51. The molecule has 1 atom stereocenters. The zero-order valence-corrected chi connectivity index (χ0v) is 22.3. The van der Waals surface area contributed by atoms with Crippen LogP contribution in [0.15, 0.2) is 34.1 Å². The van der Waals surface area contributed by atoms with E-state index in [1.165, 1.54) is 11.3 Å². The van der Waals surface area contributed by atoms with Crippen molar-refractivity contribution in [2.45, 2.75) is 46.7 Å².